The van der Waals surface area contributed by atoms with Gasteiger partial charge in [0.15, 0.2) is 0 Å². The number of aliphatic carboxylic acids is 1. The number of carbonyl (C=O) groups is 2. The third kappa shape index (κ3) is 5.86. The van der Waals surface area contributed by atoms with Gasteiger partial charge in [0.1, 0.15) is 0 Å². The van der Waals surface area contributed by atoms with Crippen LogP contribution in [0.1, 0.15) is 27.2 Å². The zero-order valence-electron chi connectivity index (χ0n) is 12.0. The summed E-state index contributed by atoms with van der Waals surface area (Å²) < 4.78 is 0. The summed E-state index contributed by atoms with van der Waals surface area (Å²) >= 11 is 0. The number of likely N-dealkylation sites (N-methyl/N-ethyl adjacent to an activating group) is 1. The first-order valence-electron chi connectivity index (χ1n) is 6.12. The van der Waals surface area contributed by atoms with Crippen molar-refractivity contribution in [3.63, 3.8) is 0 Å². The van der Waals surface area contributed by atoms with E-state index < -0.39 is 5.97 Å². The molecule has 0 unspecified atom stereocenters. The number of carbonyl (C=O) groups excluding carboxylic acids is 1. The SMILES string of the molecule is CCN(CCC(=O)O)C(=O)NCC(C)(C)N(C)C. The highest BCUT2D eigenvalue weighted by molar-refractivity contribution is 5.75. The molecule has 0 aliphatic carbocycles. The van der Waals surface area contributed by atoms with E-state index in [1.54, 1.807) is 0 Å². The van der Waals surface area contributed by atoms with E-state index in [4.69, 9.17) is 5.11 Å². The molecule has 0 aliphatic heterocycles. The number of hydrogen-bond donors (Lipinski definition) is 2. The van der Waals surface area contributed by atoms with Crippen molar-refractivity contribution in [2.24, 2.45) is 0 Å². The van der Waals surface area contributed by atoms with Crippen LogP contribution in [0.4, 0.5) is 4.79 Å². The quantitative estimate of drug-likeness (QED) is 0.710. The van der Waals surface area contributed by atoms with Gasteiger partial charge in [0, 0.05) is 25.2 Å². The number of rotatable bonds is 7. The topological polar surface area (TPSA) is 72.9 Å². The summed E-state index contributed by atoms with van der Waals surface area (Å²) in [7, 11) is 3.91. The summed E-state index contributed by atoms with van der Waals surface area (Å²) in [6.45, 7) is 7.14. The molecule has 0 aromatic carbocycles. The third-order valence-electron chi connectivity index (χ3n) is 3.15. The Bertz CT molecular complexity index is 290. The van der Waals surface area contributed by atoms with Crippen molar-refractivity contribution in [3.05, 3.63) is 0 Å². The second-order valence-electron chi connectivity index (χ2n) is 5.09. The second kappa shape index (κ2) is 7.20. The number of nitrogens with one attached hydrogen (secondary N) is 1. The molecule has 0 fully saturated rings. The molecule has 0 saturated carbocycles. The molecule has 0 spiro atoms. The van der Waals surface area contributed by atoms with Gasteiger partial charge in [-0.15, -0.1) is 0 Å². The Kier molecular flexibility index (Phi) is 6.68. The van der Waals surface area contributed by atoms with Crippen LogP contribution in [0.3, 0.4) is 0 Å². The van der Waals surface area contributed by atoms with Gasteiger partial charge in [-0.05, 0) is 34.9 Å². The minimum Gasteiger partial charge on any atom is -0.481 e. The van der Waals surface area contributed by atoms with Gasteiger partial charge in [-0.1, -0.05) is 0 Å². The molecule has 2 N–H and O–H groups in total. The van der Waals surface area contributed by atoms with Crippen molar-refractivity contribution in [1.82, 2.24) is 15.1 Å². The van der Waals surface area contributed by atoms with Gasteiger partial charge in [-0.2, -0.15) is 0 Å². The smallest absolute Gasteiger partial charge is 0.317 e. The monoisotopic (exact) mass is 259 g/mol. The van der Waals surface area contributed by atoms with E-state index in [0.29, 0.717) is 13.1 Å². The minimum atomic E-state index is -0.894. The third-order valence-corrected chi connectivity index (χ3v) is 3.15. The Hall–Kier alpha value is -1.30. The number of amides is 2. The predicted octanol–water partition coefficient (Wildman–Crippen LogP) is 0.833. The second-order valence-corrected chi connectivity index (χ2v) is 5.09. The van der Waals surface area contributed by atoms with Gasteiger partial charge in [0.2, 0.25) is 0 Å². The van der Waals surface area contributed by atoms with Crippen LogP contribution < -0.4 is 5.32 Å². The number of carboxylic acid groups (broad SMARTS) is 1. The predicted molar refractivity (Wildman–Crippen MR) is 70.7 cm³/mol. The van der Waals surface area contributed by atoms with Gasteiger partial charge in [-0.3, -0.25) is 4.79 Å². The highest BCUT2D eigenvalue weighted by Gasteiger charge is 2.22. The van der Waals surface area contributed by atoms with Crippen molar-refractivity contribution in [1.29, 1.82) is 0 Å². The van der Waals surface area contributed by atoms with E-state index in [1.807, 2.05) is 39.8 Å². The first-order valence-corrected chi connectivity index (χ1v) is 6.12. The zero-order chi connectivity index (χ0) is 14.3. The Balaban J connectivity index is 4.24. The lowest BCUT2D eigenvalue weighted by Gasteiger charge is -2.33. The average molecular weight is 259 g/mol. The van der Waals surface area contributed by atoms with Crippen LogP contribution in [-0.4, -0.2) is 66.2 Å². The highest BCUT2D eigenvalue weighted by Crippen LogP contribution is 2.08. The molecule has 0 heterocycles. The van der Waals surface area contributed by atoms with Crippen LogP contribution in [0.2, 0.25) is 0 Å². The molecule has 2 amide bonds. The lowest BCUT2D eigenvalue weighted by Crippen LogP contribution is -2.51. The number of urea groups is 1. The Morgan fingerprint density at radius 3 is 2.22 bits per heavy atom. The molecule has 18 heavy (non-hydrogen) atoms. The lowest BCUT2D eigenvalue weighted by molar-refractivity contribution is -0.137. The average Bonchev–Trinajstić information content (AvgIpc) is 2.26. The van der Waals surface area contributed by atoms with Gasteiger partial charge < -0.3 is 20.2 Å². The molecule has 0 bridgehead atoms. The maximum Gasteiger partial charge on any atom is 0.317 e. The highest BCUT2D eigenvalue weighted by atomic mass is 16.4. The molecule has 0 rings (SSSR count). The molecule has 6 heteroatoms. The summed E-state index contributed by atoms with van der Waals surface area (Å²) in [5.41, 5.74) is -0.137. The maximum absolute atomic E-state index is 11.9. The summed E-state index contributed by atoms with van der Waals surface area (Å²) in [5, 5.41) is 11.4. The van der Waals surface area contributed by atoms with Crippen molar-refractivity contribution in [2.75, 3.05) is 33.7 Å². The molecule has 0 atom stereocenters. The fourth-order valence-electron chi connectivity index (χ4n) is 1.20. The van der Waals surface area contributed by atoms with Crippen molar-refractivity contribution in [2.45, 2.75) is 32.7 Å². The van der Waals surface area contributed by atoms with E-state index in [-0.39, 0.29) is 24.5 Å². The molecular formula is C12H25N3O3. The van der Waals surface area contributed by atoms with Gasteiger partial charge in [-0.25, -0.2) is 4.79 Å². The van der Waals surface area contributed by atoms with Crippen LogP contribution >= 0.6 is 0 Å². The van der Waals surface area contributed by atoms with Gasteiger partial charge in [0.05, 0.1) is 6.42 Å². The summed E-state index contributed by atoms with van der Waals surface area (Å²) in [6, 6.07) is -0.214. The number of nitrogens with zero attached hydrogens (tertiary/aromatic N) is 2. The summed E-state index contributed by atoms with van der Waals surface area (Å²) in [5.74, 6) is -0.894. The molecule has 0 aromatic rings. The van der Waals surface area contributed by atoms with E-state index in [1.165, 1.54) is 4.90 Å². The normalized spacial score (nSPS) is 11.4. The first kappa shape index (κ1) is 16.7. The van der Waals surface area contributed by atoms with E-state index in [9.17, 15) is 9.59 Å². The summed E-state index contributed by atoms with van der Waals surface area (Å²) in [4.78, 5) is 25.9. The van der Waals surface area contributed by atoms with E-state index in [2.05, 4.69) is 5.32 Å². The first-order chi connectivity index (χ1) is 8.20. The van der Waals surface area contributed by atoms with Crippen molar-refractivity contribution in [3.8, 4) is 0 Å². The molecule has 106 valence electrons. The van der Waals surface area contributed by atoms with Crippen LogP contribution in [0, 0.1) is 0 Å². The lowest BCUT2D eigenvalue weighted by atomic mass is 10.0. The number of hydrogen-bond acceptors (Lipinski definition) is 3. The molecule has 0 aliphatic rings. The van der Waals surface area contributed by atoms with Crippen LogP contribution in [0.15, 0.2) is 0 Å². The van der Waals surface area contributed by atoms with Crippen LogP contribution in [0.25, 0.3) is 0 Å². The Labute approximate surface area is 109 Å². The van der Waals surface area contributed by atoms with Crippen LogP contribution in [0.5, 0.6) is 0 Å². The standard InChI is InChI=1S/C12H25N3O3/c1-6-15(8-7-10(16)17)11(18)13-9-12(2,3)14(4)5/h6-9H2,1-5H3,(H,13,18)(H,16,17). The van der Waals surface area contributed by atoms with Crippen molar-refractivity contribution >= 4 is 12.0 Å². The number of carboxylic acids is 1. The van der Waals surface area contributed by atoms with Crippen LogP contribution in [-0.2, 0) is 4.79 Å². The maximum atomic E-state index is 11.9. The Morgan fingerprint density at radius 1 is 1.28 bits per heavy atom. The Morgan fingerprint density at radius 2 is 1.83 bits per heavy atom. The minimum absolute atomic E-state index is 0.0294. The van der Waals surface area contributed by atoms with Gasteiger partial charge in [0.25, 0.3) is 0 Å². The summed E-state index contributed by atoms with van der Waals surface area (Å²) in [6.07, 6.45) is -0.0294. The zero-order valence-corrected chi connectivity index (χ0v) is 12.0. The largest absolute Gasteiger partial charge is 0.481 e. The molecule has 0 saturated heterocycles. The molecule has 0 aromatic heterocycles. The molecule has 6 nitrogen and oxygen atoms in total. The fourth-order valence-corrected chi connectivity index (χ4v) is 1.20. The van der Waals surface area contributed by atoms with Crippen molar-refractivity contribution < 1.29 is 14.7 Å². The van der Waals surface area contributed by atoms with E-state index >= 15 is 0 Å². The van der Waals surface area contributed by atoms with Gasteiger partial charge >= 0.3 is 12.0 Å². The molecular weight excluding hydrogens is 234 g/mol. The fraction of sp³-hybridized carbons (Fsp3) is 0.833. The molecule has 0 radical (unpaired) electrons. The van der Waals surface area contributed by atoms with E-state index in [0.717, 1.165) is 0 Å².